The van der Waals surface area contributed by atoms with Gasteiger partial charge in [0.2, 0.25) is 0 Å². The summed E-state index contributed by atoms with van der Waals surface area (Å²) < 4.78 is 37.1. The summed E-state index contributed by atoms with van der Waals surface area (Å²) in [5, 5.41) is 11.2. The smallest absolute Gasteiger partial charge is 0.384 e. The lowest BCUT2D eigenvalue weighted by molar-refractivity contribution is -0.0428. The van der Waals surface area contributed by atoms with Crippen LogP contribution in [0.5, 0.6) is 0 Å². The van der Waals surface area contributed by atoms with E-state index >= 15 is 0 Å². The summed E-state index contributed by atoms with van der Waals surface area (Å²) in [6, 6.07) is 6.12. The molecule has 0 aliphatic carbocycles. The molecule has 136 valence electrons. The molecule has 1 aromatic heterocycles. The van der Waals surface area contributed by atoms with Crippen molar-refractivity contribution in [1.82, 2.24) is 9.97 Å². The van der Waals surface area contributed by atoms with Gasteiger partial charge in [-0.1, -0.05) is 20.8 Å². The summed E-state index contributed by atoms with van der Waals surface area (Å²) >= 11 is 1.24. The summed E-state index contributed by atoms with van der Waals surface area (Å²) in [4.78, 5) is 8.87. The molecule has 2 aromatic rings. The Morgan fingerprint density at radius 1 is 0.960 bits per heavy atom. The predicted octanol–water partition coefficient (Wildman–Crippen LogP) is 5.11. The number of hydrogen-bond acceptors (Lipinski definition) is 5. The van der Waals surface area contributed by atoms with Gasteiger partial charge in [0.05, 0.1) is 0 Å². The van der Waals surface area contributed by atoms with Gasteiger partial charge in [0.15, 0.2) is 0 Å². The van der Waals surface area contributed by atoms with Crippen LogP contribution in [0.4, 0.5) is 13.2 Å². The van der Waals surface area contributed by atoms with Crippen molar-refractivity contribution < 1.29 is 18.3 Å². The van der Waals surface area contributed by atoms with Crippen LogP contribution in [0.3, 0.4) is 0 Å². The van der Waals surface area contributed by atoms with E-state index in [4.69, 9.17) is 0 Å². The van der Waals surface area contributed by atoms with Crippen LogP contribution >= 0.6 is 23.5 Å². The van der Waals surface area contributed by atoms with Crippen molar-refractivity contribution >= 4 is 23.5 Å². The Morgan fingerprint density at radius 2 is 1.48 bits per heavy atom. The van der Waals surface area contributed by atoms with Gasteiger partial charge in [-0.15, -0.1) is 11.8 Å². The van der Waals surface area contributed by atoms with E-state index in [0.717, 1.165) is 4.90 Å². The zero-order chi connectivity index (χ0) is 18.7. The van der Waals surface area contributed by atoms with E-state index in [-0.39, 0.29) is 16.7 Å². The molecule has 0 bridgehead atoms. The number of halogens is 3. The van der Waals surface area contributed by atoms with Crippen LogP contribution in [-0.4, -0.2) is 26.3 Å². The molecule has 8 heteroatoms. The van der Waals surface area contributed by atoms with Gasteiger partial charge in [-0.25, -0.2) is 9.97 Å². The molecule has 1 atom stereocenters. The standard InChI is InChI=1S/C17H19F3N2OS2/c1-15(2,3)16(23,12-8-21-11-22-9-12)10-24-13-4-6-14(7-5-13)25-17(18,19)20/h4-9,11,23H,10H2,1-3H3. The van der Waals surface area contributed by atoms with Crippen LogP contribution in [0.2, 0.25) is 0 Å². The molecule has 25 heavy (non-hydrogen) atoms. The molecule has 1 heterocycles. The zero-order valence-corrected chi connectivity index (χ0v) is 15.7. The molecule has 0 saturated heterocycles. The normalized spacial score (nSPS) is 15.0. The highest BCUT2D eigenvalue weighted by atomic mass is 32.2. The highest BCUT2D eigenvalue weighted by Gasteiger charge is 2.42. The van der Waals surface area contributed by atoms with E-state index in [1.165, 1.54) is 30.2 Å². The minimum Gasteiger partial charge on any atom is -0.384 e. The average Bonchev–Trinajstić information content (AvgIpc) is 2.52. The van der Waals surface area contributed by atoms with Gasteiger partial charge in [-0.2, -0.15) is 13.2 Å². The second-order valence-corrected chi connectivity index (χ2v) is 8.73. The first-order chi connectivity index (χ1) is 11.5. The lowest BCUT2D eigenvalue weighted by Gasteiger charge is -2.40. The van der Waals surface area contributed by atoms with Crippen molar-refractivity contribution in [3.8, 4) is 0 Å². The van der Waals surface area contributed by atoms with E-state index in [1.54, 1.807) is 24.5 Å². The van der Waals surface area contributed by atoms with Crippen LogP contribution in [-0.2, 0) is 5.60 Å². The molecule has 3 nitrogen and oxygen atoms in total. The first kappa shape index (κ1) is 20.1. The average molecular weight is 388 g/mol. The maximum absolute atomic E-state index is 12.4. The van der Waals surface area contributed by atoms with Crippen molar-refractivity contribution in [3.05, 3.63) is 48.5 Å². The van der Waals surface area contributed by atoms with E-state index in [2.05, 4.69) is 9.97 Å². The first-order valence-corrected chi connectivity index (χ1v) is 9.28. The molecule has 0 spiro atoms. The van der Waals surface area contributed by atoms with Crippen molar-refractivity contribution in [1.29, 1.82) is 0 Å². The Morgan fingerprint density at radius 3 is 1.96 bits per heavy atom. The molecule has 0 aliphatic rings. The first-order valence-electron chi connectivity index (χ1n) is 7.48. The fourth-order valence-corrected chi connectivity index (χ4v) is 4.01. The molecule has 2 rings (SSSR count). The number of aliphatic hydroxyl groups is 1. The molecular weight excluding hydrogens is 369 g/mol. The number of thioether (sulfide) groups is 2. The highest BCUT2D eigenvalue weighted by Crippen LogP contribution is 2.43. The lowest BCUT2D eigenvalue weighted by atomic mass is 9.74. The molecule has 1 unspecified atom stereocenters. The van der Waals surface area contributed by atoms with Gasteiger partial charge in [-0.05, 0) is 41.4 Å². The number of nitrogens with zero attached hydrogens (tertiary/aromatic N) is 2. The molecule has 0 saturated carbocycles. The van der Waals surface area contributed by atoms with Crippen LogP contribution in [0, 0.1) is 5.41 Å². The number of rotatable bonds is 5. The van der Waals surface area contributed by atoms with Crippen molar-refractivity contribution in [3.63, 3.8) is 0 Å². The molecule has 0 radical (unpaired) electrons. The Kier molecular flexibility index (Phi) is 6.06. The van der Waals surface area contributed by atoms with E-state index < -0.39 is 16.5 Å². The second kappa shape index (κ2) is 7.55. The summed E-state index contributed by atoms with van der Waals surface area (Å²) in [7, 11) is 0. The monoisotopic (exact) mass is 388 g/mol. The largest absolute Gasteiger partial charge is 0.446 e. The molecule has 1 aromatic carbocycles. The Balaban J connectivity index is 2.14. The summed E-state index contributed by atoms with van der Waals surface area (Å²) in [6.07, 6.45) is 4.57. The number of alkyl halides is 3. The van der Waals surface area contributed by atoms with Gasteiger partial charge in [0.25, 0.3) is 0 Å². The van der Waals surface area contributed by atoms with Gasteiger partial charge < -0.3 is 5.11 Å². The van der Waals surface area contributed by atoms with Crippen LogP contribution in [0.1, 0.15) is 26.3 Å². The third kappa shape index (κ3) is 5.36. The molecule has 0 amide bonds. The summed E-state index contributed by atoms with van der Waals surface area (Å²) in [6.45, 7) is 5.76. The molecular formula is C17H19F3N2OS2. The minimum atomic E-state index is -4.30. The Bertz CT molecular complexity index is 688. The van der Waals surface area contributed by atoms with Crippen LogP contribution < -0.4 is 0 Å². The highest BCUT2D eigenvalue weighted by molar-refractivity contribution is 8.00. The molecule has 0 aliphatic heterocycles. The maximum atomic E-state index is 12.4. The quantitative estimate of drug-likeness (QED) is 0.721. The number of aromatic nitrogens is 2. The van der Waals surface area contributed by atoms with Gasteiger partial charge in [-0.3, -0.25) is 0 Å². The predicted molar refractivity (Wildman–Crippen MR) is 94.5 cm³/mol. The summed E-state index contributed by atoms with van der Waals surface area (Å²) in [5.74, 6) is 0.329. The van der Waals surface area contributed by atoms with E-state index in [0.29, 0.717) is 11.3 Å². The van der Waals surface area contributed by atoms with Gasteiger partial charge in [0, 0.05) is 33.5 Å². The zero-order valence-electron chi connectivity index (χ0n) is 14.0. The summed E-state index contributed by atoms with van der Waals surface area (Å²) in [5.41, 5.74) is -5.34. The van der Waals surface area contributed by atoms with Crippen LogP contribution in [0.25, 0.3) is 0 Å². The number of hydrogen-bond donors (Lipinski definition) is 1. The SMILES string of the molecule is CC(C)(C)C(O)(CSc1ccc(SC(F)(F)F)cc1)c1cncnc1. The fourth-order valence-electron chi connectivity index (χ4n) is 2.17. The lowest BCUT2D eigenvalue weighted by Crippen LogP contribution is -2.42. The maximum Gasteiger partial charge on any atom is 0.446 e. The van der Waals surface area contributed by atoms with Crippen molar-refractivity contribution in [2.24, 2.45) is 5.41 Å². The third-order valence-electron chi connectivity index (χ3n) is 3.78. The second-order valence-electron chi connectivity index (χ2n) is 6.55. The molecule has 0 fully saturated rings. The van der Waals surface area contributed by atoms with Crippen LogP contribution in [0.15, 0.2) is 52.8 Å². The van der Waals surface area contributed by atoms with Crippen molar-refractivity contribution in [2.75, 3.05) is 5.75 Å². The van der Waals surface area contributed by atoms with E-state index in [9.17, 15) is 18.3 Å². The fraction of sp³-hybridized carbons (Fsp3) is 0.412. The topological polar surface area (TPSA) is 46.0 Å². The minimum absolute atomic E-state index is 0.138. The number of benzene rings is 1. The van der Waals surface area contributed by atoms with Gasteiger partial charge in [0.1, 0.15) is 11.9 Å². The Labute approximate surface area is 153 Å². The molecule has 1 N–H and O–H groups in total. The van der Waals surface area contributed by atoms with E-state index in [1.807, 2.05) is 20.8 Å². The van der Waals surface area contributed by atoms with Crippen molar-refractivity contribution in [2.45, 2.75) is 41.7 Å². The third-order valence-corrected chi connectivity index (χ3v) is 5.69. The van der Waals surface area contributed by atoms with Gasteiger partial charge >= 0.3 is 5.51 Å². The Hall–Kier alpha value is -1.25.